The van der Waals surface area contributed by atoms with E-state index in [4.69, 9.17) is 9.47 Å². The van der Waals surface area contributed by atoms with Gasteiger partial charge in [0.25, 0.3) is 0 Å². The third kappa shape index (κ3) is 1.70. The minimum Gasteiger partial charge on any atom is -0.359 e. The van der Waals surface area contributed by atoms with E-state index in [1.807, 2.05) is 6.92 Å². The van der Waals surface area contributed by atoms with Crippen LogP contribution < -0.4 is 5.32 Å². The smallest absolute Gasteiger partial charge is 0.230 e. The molecule has 1 amide bonds. The van der Waals surface area contributed by atoms with Crippen molar-refractivity contribution in [1.82, 2.24) is 5.32 Å². The van der Waals surface area contributed by atoms with Crippen LogP contribution in [0.2, 0.25) is 0 Å². The van der Waals surface area contributed by atoms with Gasteiger partial charge in [0.2, 0.25) is 5.91 Å². The quantitative estimate of drug-likeness (QED) is 0.573. The molecule has 1 aliphatic rings. The van der Waals surface area contributed by atoms with E-state index < -0.39 is 5.41 Å². The fraction of sp³-hybridized carbons (Fsp3) is 0.857. The molecule has 1 rings (SSSR count). The number of ether oxygens (including phenoxy) is 2. The SMILES string of the molecule is CNC(=O)C1(C)COCOC1. The highest BCUT2D eigenvalue weighted by Gasteiger charge is 2.35. The first-order valence-electron chi connectivity index (χ1n) is 3.57. The highest BCUT2D eigenvalue weighted by Crippen LogP contribution is 2.20. The van der Waals surface area contributed by atoms with Crippen molar-refractivity contribution < 1.29 is 14.3 Å². The van der Waals surface area contributed by atoms with Gasteiger partial charge in [0.05, 0.1) is 18.6 Å². The van der Waals surface area contributed by atoms with Gasteiger partial charge in [-0.3, -0.25) is 4.79 Å². The second-order valence-electron chi connectivity index (χ2n) is 2.95. The lowest BCUT2D eigenvalue weighted by atomic mass is 9.91. The molecule has 1 fully saturated rings. The Morgan fingerprint density at radius 3 is 2.45 bits per heavy atom. The Labute approximate surface area is 65.9 Å². The summed E-state index contributed by atoms with van der Waals surface area (Å²) in [6, 6.07) is 0. The third-order valence-electron chi connectivity index (χ3n) is 1.78. The van der Waals surface area contributed by atoms with Crippen molar-refractivity contribution in [3.8, 4) is 0 Å². The Bertz CT molecular complexity index is 152. The zero-order chi connectivity index (χ0) is 8.32. The monoisotopic (exact) mass is 159 g/mol. The summed E-state index contributed by atoms with van der Waals surface area (Å²) < 4.78 is 10.0. The first kappa shape index (κ1) is 8.49. The number of amides is 1. The van der Waals surface area contributed by atoms with E-state index in [-0.39, 0.29) is 5.91 Å². The van der Waals surface area contributed by atoms with Crippen molar-refractivity contribution in [2.45, 2.75) is 6.92 Å². The van der Waals surface area contributed by atoms with Crippen molar-refractivity contribution in [3.63, 3.8) is 0 Å². The van der Waals surface area contributed by atoms with E-state index >= 15 is 0 Å². The fourth-order valence-electron chi connectivity index (χ4n) is 1.07. The Morgan fingerprint density at radius 1 is 1.45 bits per heavy atom. The van der Waals surface area contributed by atoms with Gasteiger partial charge in [-0.15, -0.1) is 0 Å². The average Bonchev–Trinajstić information content (AvgIpc) is 2.04. The molecule has 0 spiro atoms. The molecule has 1 N–H and O–H groups in total. The van der Waals surface area contributed by atoms with Crippen LogP contribution in [0.3, 0.4) is 0 Å². The molecule has 0 aromatic carbocycles. The Kier molecular flexibility index (Phi) is 2.46. The molecule has 1 aliphatic heterocycles. The second-order valence-corrected chi connectivity index (χ2v) is 2.95. The molecule has 1 heterocycles. The molecule has 0 unspecified atom stereocenters. The van der Waals surface area contributed by atoms with E-state index in [1.165, 1.54) is 0 Å². The Hall–Kier alpha value is -0.610. The van der Waals surface area contributed by atoms with E-state index in [1.54, 1.807) is 7.05 Å². The molecule has 0 aliphatic carbocycles. The van der Waals surface area contributed by atoms with E-state index in [0.29, 0.717) is 20.0 Å². The molecule has 1 saturated heterocycles. The second kappa shape index (κ2) is 3.19. The Morgan fingerprint density at radius 2 is 2.00 bits per heavy atom. The van der Waals surface area contributed by atoms with Gasteiger partial charge in [-0.2, -0.15) is 0 Å². The number of nitrogens with one attached hydrogen (secondary N) is 1. The maximum atomic E-state index is 11.2. The van der Waals surface area contributed by atoms with Gasteiger partial charge < -0.3 is 14.8 Å². The zero-order valence-corrected chi connectivity index (χ0v) is 6.85. The summed E-state index contributed by atoms with van der Waals surface area (Å²) in [5, 5.41) is 2.58. The average molecular weight is 159 g/mol. The number of carbonyl (C=O) groups excluding carboxylic acids is 1. The van der Waals surface area contributed by atoms with Crippen molar-refractivity contribution in [2.24, 2.45) is 5.41 Å². The van der Waals surface area contributed by atoms with Gasteiger partial charge in [0.1, 0.15) is 6.79 Å². The molecule has 64 valence electrons. The summed E-state index contributed by atoms with van der Waals surface area (Å²) in [5.74, 6) is -0.0304. The number of hydrogen-bond acceptors (Lipinski definition) is 3. The predicted molar refractivity (Wildman–Crippen MR) is 38.9 cm³/mol. The molecule has 0 aromatic rings. The van der Waals surface area contributed by atoms with Crippen LogP contribution >= 0.6 is 0 Å². The topological polar surface area (TPSA) is 47.6 Å². The largest absolute Gasteiger partial charge is 0.359 e. The molecule has 4 nitrogen and oxygen atoms in total. The molecule has 4 heteroatoms. The molecular formula is C7H13NO3. The maximum Gasteiger partial charge on any atom is 0.230 e. The van der Waals surface area contributed by atoms with Gasteiger partial charge in [-0.1, -0.05) is 0 Å². The first-order valence-corrected chi connectivity index (χ1v) is 3.57. The maximum absolute atomic E-state index is 11.2. The summed E-state index contributed by atoms with van der Waals surface area (Å²) in [5.41, 5.74) is -0.507. The van der Waals surface area contributed by atoms with Crippen LogP contribution in [0.5, 0.6) is 0 Å². The lowest BCUT2D eigenvalue weighted by molar-refractivity contribution is -0.173. The van der Waals surface area contributed by atoms with Gasteiger partial charge in [0.15, 0.2) is 0 Å². The van der Waals surface area contributed by atoms with Gasteiger partial charge >= 0.3 is 0 Å². The highest BCUT2D eigenvalue weighted by molar-refractivity contribution is 5.82. The summed E-state index contributed by atoms with van der Waals surface area (Å²) in [6.07, 6.45) is 0. The van der Waals surface area contributed by atoms with Gasteiger partial charge in [-0.25, -0.2) is 0 Å². The minimum atomic E-state index is -0.507. The minimum absolute atomic E-state index is 0.0304. The van der Waals surface area contributed by atoms with Crippen LogP contribution in [0.1, 0.15) is 6.92 Å². The molecule has 11 heavy (non-hydrogen) atoms. The molecular weight excluding hydrogens is 146 g/mol. The van der Waals surface area contributed by atoms with Crippen LogP contribution in [0.4, 0.5) is 0 Å². The van der Waals surface area contributed by atoms with Crippen molar-refractivity contribution in [1.29, 1.82) is 0 Å². The lowest BCUT2D eigenvalue weighted by Crippen LogP contribution is -2.46. The number of hydrogen-bond donors (Lipinski definition) is 1. The predicted octanol–water partition coefficient (Wildman–Crippen LogP) is -0.257. The Balaban J connectivity index is 2.56. The van der Waals surface area contributed by atoms with E-state index in [0.717, 1.165) is 0 Å². The number of carbonyl (C=O) groups is 1. The fourth-order valence-corrected chi connectivity index (χ4v) is 1.07. The standard InChI is InChI=1S/C7H13NO3/c1-7(6(9)8-2)3-10-5-11-4-7/h3-5H2,1-2H3,(H,8,9). The van der Waals surface area contributed by atoms with Crippen LogP contribution in [-0.4, -0.2) is 33.0 Å². The normalized spacial score (nSPS) is 22.7. The first-order chi connectivity index (χ1) is 5.19. The summed E-state index contributed by atoms with van der Waals surface area (Å²) >= 11 is 0. The van der Waals surface area contributed by atoms with E-state index in [2.05, 4.69) is 5.32 Å². The summed E-state index contributed by atoms with van der Waals surface area (Å²) in [6.45, 7) is 3.00. The van der Waals surface area contributed by atoms with Crippen LogP contribution in [0.25, 0.3) is 0 Å². The lowest BCUT2D eigenvalue weighted by Gasteiger charge is -2.30. The van der Waals surface area contributed by atoms with Gasteiger partial charge in [-0.05, 0) is 6.92 Å². The zero-order valence-electron chi connectivity index (χ0n) is 6.85. The molecule has 0 bridgehead atoms. The van der Waals surface area contributed by atoms with Crippen LogP contribution in [-0.2, 0) is 14.3 Å². The van der Waals surface area contributed by atoms with Crippen molar-refractivity contribution >= 4 is 5.91 Å². The molecule has 0 aromatic heterocycles. The van der Waals surface area contributed by atoms with E-state index in [9.17, 15) is 4.79 Å². The number of rotatable bonds is 1. The van der Waals surface area contributed by atoms with Crippen LogP contribution in [0.15, 0.2) is 0 Å². The highest BCUT2D eigenvalue weighted by atomic mass is 16.7. The van der Waals surface area contributed by atoms with Gasteiger partial charge in [0, 0.05) is 7.05 Å². The third-order valence-corrected chi connectivity index (χ3v) is 1.78. The summed E-state index contributed by atoms with van der Waals surface area (Å²) in [7, 11) is 1.61. The van der Waals surface area contributed by atoms with Crippen molar-refractivity contribution in [2.75, 3.05) is 27.1 Å². The van der Waals surface area contributed by atoms with Crippen LogP contribution in [0, 0.1) is 5.41 Å². The molecule has 0 radical (unpaired) electrons. The van der Waals surface area contributed by atoms with Crippen molar-refractivity contribution in [3.05, 3.63) is 0 Å². The molecule has 0 saturated carbocycles. The summed E-state index contributed by atoms with van der Waals surface area (Å²) in [4.78, 5) is 11.2. The molecule has 0 atom stereocenters.